The van der Waals surface area contributed by atoms with Crippen molar-refractivity contribution in [1.29, 1.82) is 0 Å². The molecule has 0 aliphatic rings. The molecule has 0 unspecified atom stereocenters. The van der Waals surface area contributed by atoms with Crippen LogP contribution in [0.4, 0.5) is 0 Å². The van der Waals surface area contributed by atoms with Crippen LogP contribution in [0.25, 0.3) is 0 Å². The van der Waals surface area contributed by atoms with Gasteiger partial charge < -0.3 is 14.2 Å². The van der Waals surface area contributed by atoms with E-state index in [1.165, 1.54) is 14.0 Å². The summed E-state index contributed by atoms with van der Waals surface area (Å²) in [6.07, 6.45) is 0. The van der Waals surface area contributed by atoms with Gasteiger partial charge in [-0.3, -0.25) is 4.79 Å². The number of rotatable bonds is 6. The summed E-state index contributed by atoms with van der Waals surface area (Å²) in [5, 5.41) is 0. The second-order valence-corrected chi connectivity index (χ2v) is 4.40. The van der Waals surface area contributed by atoms with Gasteiger partial charge in [0.15, 0.2) is 5.78 Å². The number of carbonyl (C=O) groups is 1. The van der Waals surface area contributed by atoms with Crippen molar-refractivity contribution in [2.75, 3.05) is 14.2 Å². The molecule has 0 atom stereocenters. The van der Waals surface area contributed by atoms with Gasteiger partial charge in [0, 0.05) is 6.07 Å². The predicted molar refractivity (Wildman–Crippen MR) is 78.1 cm³/mol. The van der Waals surface area contributed by atoms with Gasteiger partial charge in [-0.1, -0.05) is 12.1 Å². The first-order chi connectivity index (χ1) is 10.1. The van der Waals surface area contributed by atoms with Crippen LogP contribution in [0.1, 0.15) is 22.8 Å². The van der Waals surface area contributed by atoms with Crippen molar-refractivity contribution in [1.82, 2.24) is 4.98 Å². The fourth-order valence-corrected chi connectivity index (χ4v) is 1.79. The second kappa shape index (κ2) is 6.74. The molecule has 0 N–H and O–H groups in total. The number of nitrogens with zero attached hydrogens (tertiary/aromatic N) is 1. The minimum absolute atomic E-state index is 0.102. The number of ether oxygens (including phenoxy) is 3. The Balaban J connectivity index is 2.15. The van der Waals surface area contributed by atoms with E-state index >= 15 is 0 Å². The van der Waals surface area contributed by atoms with Gasteiger partial charge in [-0.2, -0.15) is 4.98 Å². The number of benzene rings is 1. The third-order valence-corrected chi connectivity index (χ3v) is 2.96. The molecule has 1 aromatic carbocycles. The highest BCUT2D eigenvalue weighted by Gasteiger charge is 2.12. The number of hydrogen-bond acceptors (Lipinski definition) is 5. The average molecular weight is 287 g/mol. The molecular formula is C16H17NO4. The first-order valence-corrected chi connectivity index (χ1v) is 6.45. The summed E-state index contributed by atoms with van der Waals surface area (Å²) in [6.45, 7) is 1.79. The predicted octanol–water partition coefficient (Wildman–Crippen LogP) is 2.88. The Morgan fingerprint density at radius 2 is 1.76 bits per heavy atom. The van der Waals surface area contributed by atoms with E-state index in [0.717, 1.165) is 11.3 Å². The van der Waals surface area contributed by atoms with Crippen molar-refractivity contribution < 1.29 is 19.0 Å². The number of pyridine rings is 1. The zero-order valence-corrected chi connectivity index (χ0v) is 12.3. The molecule has 5 nitrogen and oxygen atoms in total. The third kappa shape index (κ3) is 3.72. The second-order valence-electron chi connectivity index (χ2n) is 4.40. The molecule has 0 aliphatic heterocycles. The maximum Gasteiger partial charge on any atom is 0.228 e. The van der Waals surface area contributed by atoms with Gasteiger partial charge in [-0.25, -0.2) is 0 Å². The molecule has 2 rings (SSSR count). The molecule has 2 aromatic rings. The molecule has 0 spiro atoms. The van der Waals surface area contributed by atoms with Gasteiger partial charge in [0.05, 0.1) is 19.8 Å². The lowest BCUT2D eigenvalue weighted by atomic mass is 10.2. The lowest BCUT2D eigenvalue weighted by Crippen LogP contribution is -2.04. The topological polar surface area (TPSA) is 57.6 Å². The minimum atomic E-state index is -0.102. The van der Waals surface area contributed by atoms with E-state index in [1.807, 2.05) is 24.3 Å². The van der Waals surface area contributed by atoms with Gasteiger partial charge in [0.1, 0.15) is 12.4 Å². The van der Waals surface area contributed by atoms with E-state index in [1.54, 1.807) is 19.2 Å². The Morgan fingerprint density at radius 1 is 1.05 bits per heavy atom. The fourth-order valence-electron chi connectivity index (χ4n) is 1.79. The Bertz CT molecular complexity index is 623. The highest BCUT2D eigenvalue weighted by Crippen LogP contribution is 2.22. The van der Waals surface area contributed by atoms with Crippen molar-refractivity contribution in [3.63, 3.8) is 0 Å². The van der Waals surface area contributed by atoms with Crippen LogP contribution in [-0.4, -0.2) is 25.0 Å². The number of aromatic nitrogens is 1. The van der Waals surface area contributed by atoms with E-state index in [-0.39, 0.29) is 11.7 Å². The van der Waals surface area contributed by atoms with Crippen molar-refractivity contribution in [3.8, 4) is 17.5 Å². The minimum Gasteiger partial charge on any atom is -0.497 e. The van der Waals surface area contributed by atoms with Crippen molar-refractivity contribution >= 4 is 5.78 Å². The van der Waals surface area contributed by atoms with Crippen molar-refractivity contribution in [2.45, 2.75) is 13.5 Å². The Labute approximate surface area is 123 Å². The monoisotopic (exact) mass is 287 g/mol. The van der Waals surface area contributed by atoms with E-state index < -0.39 is 0 Å². The van der Waals surface area contributed by atoms with Crippen LogP contribution in [0.15, 0.2) is 36.4 Å². The zero-order chi connectivity index (χ0) is 15.2. The SMILES string of the molecule is COc1ccc(COc2nc(OC)ccc2C(C)=O)cc1. The van der Waals surface area contributed by atoms with Crippen molar-refractivity contribution in [2.24, 2.45) is 0 Å². The third-order valence-electron chi connectivity index (χ3n) is 2.96. The molecule has 21 heavy (non-hydrogen) atoms. The molecule has 1 aromatic heterocycles. The van der Waals surface area contributed by atoms with Crippen LogP contribution < -0.4 is 14.2 Å². The van der Waals surface area contributed by atoms with E-state index in [2.05, 4.69) is 4.98 Å². The molecule has 0 amide bonds. The van der Waals surface area contributed by atoms with Crippen LogP contribution >= 0.6 is 0 Å². The van der Waals surface area contributed by atoms with E-state index in [0.29, 0.717) is 18.1 Å². The first kappa shape index (κ1) is 14.8. The van der Waals surface area contributed by atoms with Crippen LogP contribution in [0.5, 0.6) is 17.5 Å². The van der Waals surface area contributed by atoms with Crippen LogP contribution in [-0.2, 0) is 6.61 Å². The molecule has 0 bridgehead atoms. The molecule has 0 saturated heterocycles. The number of hydrogen-bond donors (Lipinski definition) is 0. The van der Waals surface area contributed by atoms with Gasteiger partial charge in [-0.05, 0) is 30.7 Å². The number of methoxy groups -OCH3 is 2. The highest BCUT2D eigenvalue weighted by molar-refractivity contribution is 5.96. The maximum atomic E-state index is 11.6. The molecule has 0 radical (unpaired) electrons. The molecule has 0 saturated carbocycles. The normalized spacial score (nSPS) is 10.0. The Hall–Kier alpha value is -2.56. The largest absolute Gasteiger partial charge is 0.497 e. The lowest BCUT2D eigenvalue weighted by Gasteiger charge is -2.10. The van der Waals surface area contributed by atoms with Crippen LogP contribution in [0.3, 0.4) is 0 Å². The van der Waals surface area contributed by atoms with Gasteiger partial charge in [0.2, 0.25) is 11.8 Å². The molecular weight excluding hydrogens is 270 g/mol. The number of carbonyl (C=O) groups excluding carboxylic acids is 1. The summed E-state index contributed by atoms with van der Waals surface area (Å²) in [7, 11) is 3.13. The number of ketones is 1. The molecule has 1 heterocycles. The van der Waals surface area contributed by atoms with Crippen molar-refractivity contribution in [3.05, 3.63) is 47.5 Å². The van der Waals surface area contributed by atoms with Gasteiger partial charge in [0.25, 0.3) is 0 Å². The molecule has 0 aliphatic carbocycles. The summed E-state index contributed by atoms with van der Waals surface area (Å²) < 4.78 is 15.8. The first-order valence-electron chi connectivity index (χ1n) is 6.45. The summed E-state index contributed by atoms with van der Waals surface area (Å²) in [5.74, 6) is 1.36. The Kier molecular flexibility index (Phi) is 4.77. The number of Topliss-reactive ketones (excluding diaryl/α,β-unsaturated/α-hetero) is 1. The van der Waals surface area contributed by atoms with E-state index in [4.69, 9.17) is 14.2 Å². The summed E-state index contributed by atoms with van der Waals surface area (Å²) in [5.41, 5.74) is 1.39. The molecule has 5 heteroatoms. The van der Waals surface area contributed by atoms with Crippen LogP contribution in [0.2, 0.25) is 0 Å². The summed E-state index contributed by atoms with van der Waals surface area (Å²) in [6, 6.07) is 10.8. The summed E-state index contributed by atoms with van der Waals surface area (Å²) in [4.78, 5) is 15.8. The van der Waals surface area contributed by atoms with Gasteiger partial charge >= 0.3 is 0 Å². The average Bonchev–Trinajstić information content (AvgIpc) is 2.52. The molecule has 110 valence electrons. The summed E-state index contributed by atoms with van der Waals surface area (Å²) >= 11 is 0. The smallest absolute Gasteiger partial charge is 0.228 e. The highest BCUT2D eigenvalue weighted by atomic mass is 16.5. The Morgan fingerprint density at radius 3 is 2.33 bits per heavy atom. The fraction of sp³-hybridized carbons (Fsp3) is 0.250. The maximum absolute atomic E-state index is 11.6. The zero-order valence-electron chi connectivity index (χ0n) is 12.3. The lowest BCUT2D eigenvalue weighted by molar-refractivity contribution is 0.101. The molecule has 0 fully saturated rings. The van der Waals surface area contributed by atoms with Crippen LogP contribution in [0, 0.1) is 0 Å². The van der Waals surface area contributed by atoms with Gasteiger partial charge in [-0.15, -0.1) is 0 Å². The quantitative estimate of drug-likeness (QED) is 0.765. The van der Waals surface area contributed by atoms with E-state index in [9.17, 15) is 4.79 Å². The standard InChI is InChI=1S/C16H17NO4/c1-11(18)14-8-9-15(20-3)17-16(14)21-10-12-4-6-13(19-2)7-5-12/h4-9H,10H2,1-3H3.